The third-order valence-electron chi connectivity index (χ3n) is 4.16. The van der Waals surface area contributed by atoms with Gasteiger partial charge in [0.2, 0.25) is 0 Å². The smallest absolute Gasteiger partial charge is 0.327 e. The second-order valence-corrected chi connectivity index (χ2v) is 5.44. The molecule has 0 radical (unpaired) electrons. The molecule has 0 amide bonds. The number of carbonyl (C=O) groups excluding carboxylic acids is 1. The maximum absolute atomic E-state index is 12.2. The normalized spacial score (nSPS) is 20.6. The highest BCUT2D eigenvalue weighted by molar-refractivity contribution is 5.82. The molecule has 0 aromatic heterocycles. The van der Waals surface area contributed by atoms with Crippen molar-refractivity contribution in [2.75, 3.05) is 27.2 Å². The molecule has 1 aliphatic rings. The van der Waals surface area contributed by atoms with E-state index in [1.807, 2.05) is 6.92 Å². The highest BCUT2D eigenvalue weighted by atomic mass is 16.5. The molecule has 0 saturated heterocycles. The van der Waals surface area contributed by atoms with Crippen molar-refractivity contribution in [1.29, 1.82) is 0 Å². The Morgan fingerprint density at radius 1 is 1.50 bits per heavy atom. The monoisotopic (exact) mass is 256 g/mol. The largest absolute Gasteiger partial charge is 0.468 e. The second kappa shape index (κ2) is 6.53. The maximum atomic E-state index is 12.2. The van der Waals surface area contributed by atoms with Crippen LogP contribution in [-0.2, 0) is 9.53 Å². The number of rotatable bonds is 8. The van der Waals surface area contributed by atoms with Crippen molar-refractivity contribution < 1.29 is 9.53 Å². The van der Waals surface area contributed by atoms with E-state index in [1.54, 1.807) is 0 Å². The van der Waals surface area contributed by atoms with Crippen LogP contribution in [0.15, 0.2) is 0 Å². The number of hydrogen-bond acceptors (Lipinski definition) is 4. The van der Waals surface area contributed by atoms with Gasteiger partial charge in [-0.15, -0.1) is 0 Å². The number of esters is 1. The van der Waals surface area contributed by atoms with Crippen molar-refractivity contribution >= 4 is 5.97 Å². The van der Waals surface area contributed by atoms with E-state index in [2.05, 4.69) is 31.1 Å². The summed E-state index contributed by atoms with van der Waals surface area (Å²) in [5.41, 5.74) is -0.512. The van der Waals surface area contributed by atoms with Crippen molar-refractivity contribution in [2.24, 2.45) is 5.92 Å². The first kappa shape index (κ1) is 15.4. The van der Waals surface area contributed by atoms with E-state index in [9.17, 15) is 4.79 Å². The molecule has 0 aromatic carbocycles. The topological polar surface area (TPSA) is 41.6 Å². The van der Waals surface area contributed by atoms with Crippen molar-refractivity contribution in [3.05, 3.63) is 0 Å². The molecule has 1 rings (SSSR count). The quantitative estimate of drug-likeness (QED) is 0.671. The molecule has 4 nitrogen and oxygen atoms in total. The lowest BCUT2D eigenvalue weighted by atomic mass is 9.91. The molecule has 4 heteroatoms. The molecule has 0 aromatic rings. The van der Waals surface area contributed by atoms with Gasteiger partial charge in [0.1, 0.15) is 5.54 Å². The van der Waals surface area contributed by atoms with Crippen LogP contribution in [-0.4, -0.2) is 49.7 Å². The summed E-state index contributed by atoms with van der Waals surface area (Å²) in [5.74, 6) is 0.318. The molecule has 1 N–H and O–H groups in total. The van der Waals surface area contributed by atoms with Gasteiger partial charge >= 0.3 is 5.97 Å². The third kappa shape index (κ3) is 3.23. The van der Waals surface area contributed by atoms with Crippen molar-refractivity contribution in [3.63, 3.8) is 0 Å². The average molecular weight is 256 g/mol. The summed E-state index contributed by atoms with van der Waals surface area (Å²) in [4.78, 5) is 14.5. The lowest BCUT2D eigenvalue weighted by Gasteiger charge is -2.37. The van der Waals surface area contributed by atoms with Crippen LogP contribution in [0.3, 0.4) is 0 Å². The van der Waals surface area contributed by atoms with Crippen LogP contribution >= 0.6 is 0 Å². The Kier molecular flexibility index (Phi) is 5.60. The van der Waals surface area contributed by atoms with Crippen LogP contribution in [0.1, 0.15) is 40.0 Å². The Morgan fingerprint density at radius 2 is 2.11 bits per heavy atom. The highest BCUT2D eigenvalue weighted by Crippen LogP contribution is 2.41. The maximum Gasteiger partial charge on any atom is 0.327 e. The van der Waals surface area contributed by atoms with Crippen LogP contribution in [0.25, 0.3) is 0 Å². The molecule has 0 spiro atoms. The van der Waals surface area contributed by atoms with Gasteiger partial charge in [-0.25, -0.2) is 4.79 Å². The minimum absolute atomic E-state index is 0.109. The Hall–Kier alpha value is -0.610. The molecular formula is C14H28N2O2. The van der Waals surface area contributed by atoms with E-state index in [-0.39, 0.29) is 5.97 Å². The van der Waals surface area contributed by atoms with Crippen molar-refractivity contribution in [1.82, 2.24) is 10.2 Å². The highest BCUT2D eigenvalue weighted by Gasteiger charge is 2.52. The van der Waals surface area contributed by atoms with Crippen molar-refractivity contribution in [3.8, 4) is 0 Å². The first-order chi connectivity index (χ1) is 8.51. The van der Waals surface area contributed by atoms with Gasteiger partial charge in [-0.05, 0) is 45.7 Å². The van der Waals surface area contributed by atoms with E-state index in [0.29, 0.717) is 12.0 Å². The first-order valence-electron chi connectivity index (χ1n) is 7.05. The van der Waals surface area contributed by atoms with Gasteiger partial charge in [-0.2, -0.15) is 0 Å². The summed E-state index contributed by atoms with van der Waals surface area (Å²) in [6.07, 6.45) is 3.33. The molecule has 2 unspecified atom stereocenters. The fourth-order valence-corrected chi connectivity index (χ4v) is 2.57. The molecule has 2 atom stereocenters. The lowest BCUT2D eigenvalue weighted by Crippen LogP contribution is -2.61. The predicted molar refractivity (Wildman–Crippen MR) is 73.5 cm³/mol. The molecule has 18 heavy (non-hydrogen) atoms. The Morgan fingerprint density at radius 3 is 2.50 bits per heavy atom. The third-order valence-corrected chi connectivity index (χ3v) is 4.16. The van der Waals surface area contributed by atoms with Gasteiger partial charge in [0.05, 0.1) is 7.11 Å². The molecule has 1 saturated carbocycles. The summed E-state index contributed by atoms with van der Waals surface area (Å²) in [6, 6.07) is 0.478. The van der Waals surface area contributed by atoms with Gasteiger partial charge < -0.3 is 15.0 Å². The Balaban J connectivity index is 2.84. The number of ether oxygens (including phenoxy) is 1. The van der Waals surface area contributed by atoms with E-state index in [4.69, 9.17) is 4.74 Å². The number of methoxy groups -OCH3 is 1. The van der Waals surface area contributed by atoms with Crippen LogP contribution in [0.4, 0.5) is 0 Å². The van der Waals surface area contributed by atoms with E-state index in [0.717, 1.165) is 32.4 Å². The fraction of sp³-hybridized carbons (Fsp3) is 0.929. The molecule has 1 aliphatic carbocycles. The summed E-state index contributed by atoms with van der Waals surface area (Å²) >= 11 is 0. The van der Waals surface area contributed by atoms with Gasteiger partial charge in [0.15, 0.2) is 0 Å². The van der Waals surface area contributed by atoms with Crippen molar-refractivity contribution in [2.45, 2.75) is 51.6 Å². The lowest BCUT2D eigenvalue weighted by molar-refractivity contribution is -0.150. The van der Waals surface area contributed by atoms with E-state index in [1.165, 1.54) is 7.11 Å². The van der Waals surface area contributed by atoms with Gasteiger partial charge in [-0.1, -0.05) is 13.8 Å². The Labute approximate surface area is 111 Å². The SMILES string of the molecule is CCNC(CN(C)C(C)CC)(C(=O)OC)C1CC1. The summed E-state index contributed by atoms with van der Waals surface area (Å²) < 4.78 is 5.06. The predicted octanol–water partition coefficient (Wildman–Crippen LogP) is 1.65. The van der Waals surface area contributed by atoms with Gasteiger partial charge in [-0.3, -0.25) is 0 Å². The molecule has 106 valence electrons. The molecular weight excluding hydrogens is 228 g/mol. The Bertz CT molecular complexity index is 279. The van der Waals surface area contributed by atoms with Crippen LogP contribution < -0.4 is 5.32 Å². The van der Waals surface area contributed by atoms with E-state index >= 15 is 0 Å². The minimum atomic E-state index is -0.512. The summed E-state index contributed by atoms with van der Waals surface area (Å²) in [5, 5.41) is 3.40. The second-order valence-electron chi connectivity index (χ2n) is 5.44. The molecule has 0 bridgehead atoms. The molecule has 0 heterocycles. The number of nitrogens with zero attached hydrogens (tertiary/aromatic N) is 1. The zero-order valence-electron chi connectivity index (χ0n) is 12.5. The van der Waals surface area contributed by atoms with Gasteiger partial charge in [0.25, 0.3) is 0 Å². The molecule has 0 aliphatic heterocycles. The van der Waals surface area contributed by atoms with E-state index < -0.39 is 5.54 Å². The first-order valence-corrected chi connectivity index (χ1v) is 7.05. The van der Waals surface area contributed by atoms with Gasteiger partial charge in [0, 0.05) is 12.6 Å². The van der Waals surface area contributed by atoms with Crippen LogP contribution in [0.5, 0.6) is 0 Å². The number of nitrogens with one attached hydrogen (secondary N) is 1. The minimum Gasteiger partial charge on any atom is -0.468 e. The standard InChI is InChI=1S/C14H28N2O2/c1-6-11(3)16(4)10-14(15-7-2,12-8-9-12)13(17)18-5/h11-12,15H,6-10H2,1-5H3. The summed E-state index contributed by atoms with van der Waals surface area (Å²) in [7, 11) is 3.58. The number of carbonyl (C=O) groups is 1. The fourth-order valence-electron chi connectivity index (χ4n) is 2.57. The number of hydrogen-bond donors (Lipinski definition) is 1. The molecule has 1 fully saturated rings. The zero-order valence-corrected chi connectivity index (χ0v) is 12.5. The summed E-state index contributed by atoms with van der Waals surface area (Å²) in [6.45, 7) is 7.93. The number of likely N-dealkylation sites (N-methyl/N-ethyl adjacent to an activating group) is 2. The zero-order chi connectivity index (χ0) is 13.8. The average Bonchev–Trinajstić information content (AvgIpc) is 3.20. The van der Waals surface area contributed by atoms with Crippen LogP contribution in [0.2, 0.25) is 0 Å². The van der Waals surface area contributed by atoms with Crippen LogP contribution in [0, 0.1) is 5.92 Å².